The number of ketones is 1. The van der Waals surface area contributed by atoms with Crippen molar-refractivity contribution in [2.75, 3.05) is 0 Å². The number of rotatable bonds is 3. The maximum Gasteiger partial charge on any atom is 0.182 e. The molecule has 2 rings (SSSR count). The first kappa shape index (κ1) is 13.4. The van der Waals surface area contributed by atoms with Crippen LogP contribution in [0.5, 0.6) is 0 Å². The zero-order valence-corrected chi connectivity index (χ0v) is 11.7. The van der Waals surface area contributed by atoms with Gasteiger partial charge in [0.15, 0.2) is 11.6 Å². The highest BCUT2D eigenvalue weighted by molar-refractivity contribution is 5.98. The van der Waals surface area contributed by atoms with Gasteiger partial charge in [0.25, 0.3) is 0 Å². The summed E-state index contributed by atoms with van der Waals surface area (Å²) in [5, 5.41) is 11.6. The molecule has 0 saturated carbocycles. The van der Waals surface area contributed by atoms with E-state index in [-0.39, 0.29) is 17.6 Å². The van der Waals surface area contributed by atoms with E-state index >= 15 is 0 Å². The summed E-state index contributed by atoms with van der Waals surface area (Å²) in [6, 6.07) is 7.70. The molecule has 100 valence electrons. The normalized spacial score (nSPS) is 11.6. The van der Waals surface area contributed by atoms with Crippen LogP contribution in [0, 0.1) is 0 Å². The Labute approximate surface area is 112 Å². The molecule has 0 aliphatic carbocycles. The second-order valence-electron chi connectivity index (χ2n) is 5.59. The van der Waals surface area contributed by atoms with Crippen molar-refractivity contribution in [3.05, 3.63) is 41.2 Å². The van der Waals surface area contributed by atoms with E-state index in [1.54, 1.807) is 7.05 Å². The van der Waals surface area contributed by atoms with Gasteiger partial charge in [-0.1, -0.05) is 45.0 Å². The summed E-state index contributed by atoms with van der Waals surface area (Å²) in [5.74, 6) is 0.481. The molecule has 0 aliphatic rings. The molecule has 0 fully saturated rings. The Morgan fingerprint density at radius 3 is 2.53 bits per heavy atom. The van der Waals surface area contributed by atoms with Gasteiger partial charge < -0.3 is 0 Å². The van der Waals surface area contributed by atoms with Gasteiger partial charge >= 0.3 is 0 Å². The number of carbonyl (C=O) groups is 1. The average molecular weight is 258 g/mol. The van der Waals surface area contributed by atoms with Gasteiger partial charge in [0.05, 0.1) is 13.5 Å². The van der Waals surface area contributed by atoms with Crippen molar-refractivity contribution in [1.82, 2.24) is 20.2 Å². The summed E-state index contributed by atoms with van der Waals surface area (Å²) in [7, 11) is 1.68. The van der Waals surface area contributed by atoms with Crippen LogP contribution in [-0.4, -0.2) is 26.0 Å². The highest BCUT2D eigenvalue weighted by Crippen LogP contribution is 2.26. The van der Waals surface area contributed by atoms with Crippen LogP contribution in [0.15, 0.2) is 24.3 Å². The lowest BCUT2D eigenvalue weighted by atomic mass is 9.82. The van der Waals surface area contributed by atoms with Crippen LogP contribution in [-0.2, 0) is 18.9 Å². The minimum absolute atomic E-state index is 0.0264. The molecule has 0 atom stereocenters. The van der Waals surface area contributed by atoms with Crippen LogP contribution in [0.1, 0.15) is 42.5 Å². The van der Waals surface area contributed by atoms with E-state index in [2.05, 4.69) is 36.2 Å². The van der Waals surface area contributed by atoms with Crippen LogP contribution >= 0.6 is 0 Å². The molecule has 1 aromatic carbocycles. The molecule has 19 heavy (non-hydrogen) atoms. The lowest BCUT2D eigenvalue weighted by molar-refractivity contribution is 0.0988. The van der Waals surface area contributed by atoms with E-state index in [1.165, 1.54) is 4.80 Å². The third-order valence-electron chi connectivity index (χ3n) is 2.90. The molecule has 0 spiro atoms. The Morgan fingerprint density at radius 1 is 1.26 bits per heavy atom. The quantitative estimate of drug-likeness (QED) is 0.789. The highest BCUT2D eigenvalue weighted by atomic mass is 16.1. The largest absolute Gasteiger partial charge is 0.294 e. The second-order valence-corrected chi connectivity index (χ2v) is 5.59. The van der Waals surface area contributed by atoms with Crippen molar-refractivity contribution in [2.24, 2.45) is 7.05 Å². The Morgan fingerprint density at radius 2 is 1.95 bits per heavy atom. The number of carbonyl (C=O) groups excluding carboxylic acids is 1. The van der Waals surface area contributed by atoms with Crippen LogP contribution in [0.3, 0.4) is 0 Å². The predicted octanol–water partition coefficient (Wildman–Crippen LogP) is 1.93. The molecule has 0 N–H and O–H groups in total. The Bertz CT molecular complexity index is 595. The number of aromatic nitrogens is 4. The van der Waals surface area contributed by atoms with Gasteiger partial charge in [-0.2, -0.15) is 4.80 Å². The van der Waals surface area contributed by atoms with Crippen LogP contribution in [0.2, 0.25) is 0 Å². The number of nitrogens with zero attached hydrogens (tertiary/aromatic N) is 4. The van der Waals surface area contributed by atoms with E-state index in [9.17, 15) is 4.79 Å². The maximum absolute atomic E-state index is 12.4. The Hall–Kier alpha value is -2.04. The predicted molar refractivity (Wildman–Crippen MR) is 72.0 cm³/mol. The molecule has 5 nitrogen and oxygen atoms in total. The average Bonchev–Trinajstić information content (AvgIpc) is 2.73. The molecular weight excluding hydrogens is 240 g/mol. The fourth-order valence-corrected chi connectivity index (χ4v) is 2.01. The van der Waals surface area contributed by atoms with Crippen molar-refractivity contribution in [3.63, 3.8) is 0 Å². The summed E-state index contributed by atoms with van der Waals surface area (Å²) in [5.41, 5.74) is 1.72. The first-order chi connectivity index (χ1) is 8.88. The van der Waals surface area contributed by atoms with Gasteiger partial charge in [0, 0.05) is 5.56 Å². The fraction of sp³-hybridized carbons (Fsp3) is 0.429. The number of aryl methyl sites for hydroxylation is 1. The second kappa shape index (κ2) is 4.91. The summed E-state index contributed by atoms with van der Waals surface area (Å²) in [6.07, 6.45) is 0.181. The third kappa shape index (κ3) is 3.05. The molecule has 2 aromatic rings. The van der Waals surface area contributed by atoms with E-state index in [0.717, 1.165) is 11.1 Å². The van der Waals surface area contributed by atoms with Crippen LogP contribution in [0.4, 0.5) is 0 Å². The summed E-state index contributed by atoms with van der Waals surface area (Å²) < 4.78 is 0. The van der Waals surface area contributed by atoms with Gasteiger partial charge in [-0.15, -0.1) is 10.2 Å². The number of tetrazole rings is 1. The molecule has 0 bridgehead atoms. The minimum atomic E-state index is -0.0674. The van der Waals surface area contributed by atoms with Crippen molar-refractivity contribution < 1.29 is 4.79 Å². The lowest BCUT2D eigenvalue weighted by Gasteiger charge is -2.22. The summed E-state index contributed by atoms with van der Waals surface area (Å²) in [4.78, 5) is 13.7. The summed E-state index contributed by atoms with van der Waals surface area (Å²) >= 11 is 0. The zero-order valence-electron chi connectivity index (χ0n) is 11.7. The topological polar surface area (TPSA) is 60.7 Å². The smallest absolute Gasteiger partial charge is 0.182 e. The molecular formula is C14H18N4O. The van der Waals surface area contributed by atoms with Gasteiger partial charge in [-0.3, -0.25) is 4.79 Å². The SMILES string of the molecule is Cn1nnc(CC(=O)c2ccccc2C(C)(C)C)n1. The van der Waals surface area contributed by atoms with E-state index in [1.807, 2.05) is 24.3 Å². The fourth-order valence-electron chi connectivity index (χ4n) is 2.01. The monoisotopic (exact) mass is 258 g/mol. The summed E-state index contributed by atoms with van der Waals surface area (Å²) in [6.45, 7) is 6.29. The van der Waals surface area contributed by atoms with Crippen molar-refractivity contribution >= 4 is 5.78 Å². The van der Waals surface area contributed by atoms with Crippen LogP contribution in [0.25, 0.3) is 0 Å². The van der Waals surface area contributed by atoms with E-state index < -0.39 is 0 Å². The lowest BCUT2D eigenvalue weighted by Crippen LogP contribution is -2.18. The van der Waals surface area contributed by atoms with Crippen molar-refractivity contribution in [1.29, 1.82) is 0 Å². The molecule has 0 unspecified atom stereocenters. The minimum Gasteiger partial charge on any atom is -0.294 e. The first-order valence-electron chi connectivity index (χ1n) is 6.23. The highest BCUT2D eigenvalue weighted by Gasteiger charge is 2.21. The Balaban J connectivity index is 2.29. The van der Waals surface area contributed by atoms with Gasteiger partial charge in [0.1, 0.15) is 0 Å². The molecule has 1 heterocycles. The Kier molecular flexibility index (Phi) is 3.46. The van der Waals surface area contributed by atoms with Gasteiger partial charge in [-0.25, -0.2) is 0 Å². The zero-order chi connectivity index (χ0) is 14.0. The standard InChI is InChI=1S/C14H18N4O/c1-14(2,3)11-8-6-5-7-10(11)12(19)9-13-15-17-18(4)16-13/h5-8H,9H2,1-4H3. The van der Waals surface area contributed by atoms with Gasteiger partial charge in [-0.05, 0) is 16.2 Å². The molecule has 0 aliphatic heterocycles. The maximum atomic E-state index is 12.4. The number of hydrogen-bond acceptors (Lipinski definition) is 4. The number of benzene rings is 1. The molecule has 0 amide bonds. The number of Topliss-reactive ketones (excluding diaryl/α,β-unsaturated/α-hetero) is 1. The van der Waals surface area contributed by atoms with E-state index in [4.69, 9.17) is 0 Å². The van der Waals surface area contributed by atoms with Crippen molar-refractivity contribution in [2.45, 2.75) is 32.6 Å². The molecule has 5 heteroatoms. The molecule has 0 radical (unpaired) electrons. The molecule has 0 saturated heterocycles. The first-order valence-corrected chi connectivity index (χ1v) is 6.23. The van der Waals surface area contributed by atoms with Crippen LogP contribution < -0.4 is 0 Å². The number of hydrogen-bond donors (Lipinski definition) is 0. The van der Waals surface area contributed by atoms with Gasteiger partial charge in [0.2, 0.25) is 0 Å². The van der Waals surface area contributed by atoms with E-state index in [0.29, 0.717) is 5.82 Å². The molecule has 1 aromatic heterocycles. The van der Waals surface area contributed by atoms with Crippen molar-refractivity contribution in [3.8, 4) is 0 Å². The third-order valence-corrected chi connectivity index (χ3v) is 2.90.